The quantitative estimate of drug-likeness (QED) is 0.869. The molecule has 3 N–H and O–H groups in total. The highest BCUT2D eigenvalue weighted by Crippen LogP contribution is 2.16. The first kappa shape index (κ1) is 14.1. The number of primary amides is 1. The second kappa shape index (κ2) is 6.19. The predicted octanol–water partition coefficient (Wildman–Crippen LogP) is 1.76. The molecule has 20 heavy (non-hydrogen) atoms. The highest BCUT2D eigenvalue weighted by molar-refractivity contribution is 5.86. The minimum atomic E-state index is -0.626. The third-order valence-electron chi connectivity index (χ3n) is 3.26. The molecule has 0 aliphatic rings. The van der Waals surface area contributed by atoms with Gasteiger partial charge < -0.3 is 11.1 Å². The molecule has 4 nitrogen and oxygen atoms in total. The van der Waals surface area contributed by atoms with Crippen LogP contribution in [0.5, 0.6) is 0 Å². The van der Waals surface area contributed by atoms with E-state index in [4.69, 9.17) is 5.73 Å². The smallest absolute Gasteiger partial charge is 0.239 e. The van der Waals surface area contributed by atoms with Crippen molar-refractivity contribution in [2.75, 3.05) is 0 Å². The van der Waals surface area contributed by atoms with Crippen LogP contribution in [0.25, 0.3) is 10.8 Å². The third-order valence-corrected chi connectivity index (χ3v) is 3.26. The first-order valence-corrected chi connectivity index (χ1v) is 6.62. The number of carbonyl (C=O) groups is 2. The van der Waals surface area contributed by atoms with Crippen molar-refractivity contribution in [2.45, 2.75) is 25.8 Å². The highest BCUT2D eigenvalue weighted by atomic mass is 16.2. The van der Waals surface area contributed by atoms with E-state index >= 15 is 0 Å². The number of rotatable bonds is 5. The van der Waals surface area contributed by atoms with Crippen LogP contribution in [0, 0.1) is 0 Å². The Kier molecular flexibility index (Phi) is 4.35. The van der Waals surface area contributed by atoms with Gasteiger partial charge in [0.1, 0.15) is 6.04 Å². The number of aryl methyl sites for hydroxylation is 1. The maximum absolute atomic E-state index is 11.7. The van der Waals surface area contributed by atoms with Crippen molar-refractivity contribution >= 4 is 22.6 Å². The molecule has 2 amide bonds. The van der Waals surface area contributed by atoms with Gasteiger partial charge in [0.25, 0.3) is 0 Å². The molecule has 0 saturated heterocycles. The second-order valence-corrected chi connectivity index (χ2v) is 4.87. The van der Waals surface area contributed by atoms with Crippen LogP contribution in [-0.2, 0) is 16.0 Å². The Labute approximate surface area is 118 Å². The van der Waals surface area contributed by atoms with Gasteiger partial charge in [0.2, 0.25) is 11.8 Å². The van der Waals surface area contributed by atoms with Crippen LogP contribution in [0.1, 0.15) is 18.9 Å². The molecule has 0 aliphatic carbocycles. The summed E-state index contributed by atoms with van der Waals surface area (Å²) >= 11 is 0. The van der Waals surface area contributed by atoms with Crippen LogP contribution in [0.4, 0.5) is 0 Å². The van der Waals surface area contributed by atoms with E-state index in [-0.39, 0.29) is 5.91 Å². The highest BCUT2D eigenvalue weighted by Gasteiger charge is 2.11. The summed E-state index contributed by atoms with van der Waals surface area (Å²) in [6.45, 7) is 1.58. The molecule has 104 valence electrons. The molecule has 0 aliphatic heterocycles. The monoisotopic (exact) mass is 270 g/mol. The predicted molar refractivity (Wildman–Crippen MR) is 79.1 cm³/mol. The summed E-state index contributed by atoms with van der Waals surface area (Å²) < 4.78 is 0. The molecule has 4 heteroatoms. The lowest BCUT2D eigenvalue weighted by Crippen LogP contribution is -2.42. The Morgan fingerprint density at radius 2 is 1.85 bits per heavy atom. The summed E-state index contributed by atoms with van der Waals surface area (Å²) in [5, 5.41) is 4.92. The van der Waals surface area contributed by atoms with Crippen molar-refractivity contribution in [2.24, 2.45) is 5.73 Å². The average Bonchev–Trinajstić information content (AvgIpc) is 2.44. The van der Waals surface area contributed by atoms with E-state index < -0.39 is 11.9 Å². The van der Waals surface area contributed by atoms with Gasteiger partial charge in [0.05, 0.1) is 0 Å². The number of carbonyl (C=O) groups excluding carboxylic acids is 2. The van der Waals surface area contributed by atoms with Gasteiger partial charge in [-0.25, -0.2) is 0 Å². The summed E-state index contributed by atoms with van der Waals surface area (Å²) in [6, 6.07) is 13.6. The van der Waals surface area contributed by atoms with Crippen LogP contribution in [-0.4, -0.2) is 17.9 Å². The van der Waals surface area contributed by atoms with E-state index in [1.807, 2.05) is 24.3 Å². The maximum Gasteiger partial charge on any atom is 0.239 e. The van der Waals surface area contributed by atoms with Crippen molar-refractivity contribution in [1.82, 2.24) is 5.32 Å². The molecule has 0 saturated carbocycles. The van der Waals surface area contributed by atoms with Crippen molar-refractivity contribution in [3.05, 3.63) is 48.0 Å². The number of nitrogens with one attached hydrogen (secondary N) is 1. The van der Waals surface area contributed by atoms with E-state index in [2.05, 4.69) is 23.5 Å². The molecule has 0 heterocycles. The van der Waals surface area contributed by atoms with Crippen molar-refractivity contribution in [3.8, 4) is 0 Å². The maximum atomic E-state index is 11.7. The first-order valence-electron chi connectivity index (χ1n) is 6.62. The molecule has 2 rings (SSSR count). The summed E-state index contributed by atoms with van der Waals surface area (Å²) in [6.07, 6.45) is 0.984. The molecule has 2 aromatic carbocycles. The Bertz CT molecular complexity index is 637. The van der Waals surface area contributed by atoms with Gasteiger partial charge in [-0.1, -0.05) is 42.5 Å². The number of hydrogen-bond acceptors (Lipinski definition) is 2. The SMILES string of the molecule is C[C@H](NC(=O)CCc1ccc2ccccc2c1)C(N)=O. The van der Waals surface area contributed by atoms with E-state index in [0.717, 1.165) is 10.9 Å². The van der Waals surface area contributed by atoms with Crippen molar-refractivity contribution < 1.29 is 9.59 Å². The second-order valence-electron chi connectivity index (χ2n) is 4.87. The lowest BCUT2D eigenvalue weighted by molar-refractivity contribution is -0.126. The van der Waals surface area contributed by atoms with Gasteiger partial charge in [-0.15, -0.1) is 0 Å². The number of benzene rings is 2. The molecule has 0 bridgehead atoms. The Morgan fingerprint density at radius 3 is 2.55 bits per heavy atom. The van der Waals surface area contributed by atoms with Crippen LogP contribution in [0.15, 0.2) is 42.5 Å². The standard InChI is InChI=1S/C16H18N2O2/c1-11(16(17)20)18-15(19)9-7-12-6-8-13-4-2-3-5-14(13)10-12/h2-6,8,10-11H,7,9H2,1H3,(H2,17,20)(H,18,19)/t11-/m0/s1. The molecular formula is C16H18N2O2. The van der Waals surface area contributed by atoms with Gasteiger partial charge in [-0.2, -0.15) is 0 Å². The zero-order chi connectivity index (χ0) is 14.5. The molecule has 0 radical (unpaired) electrons. The minimum Gasteiger partial charge on any atom is -0.368 e. The Morgan fingerprint density at radius 1 is 1.15 bits per heavy atom. The topological polar surface area (TPSA) is 72.2 Å². The van der Waals surface area contributed by atoms with Crippen LogP contribution in [0.3, 0.4) is 0 Å². The normalized spacial score (nSPS) is 12.1. The number of nitrogens with two attached hydrogens (primary N) is 1. The fraction of sp³-hybridized carbons (Fsp3) is 0.250. The Hall–Kier alpha value is -2.36. The molecular weight excluding hydrogens is 252 g/mol. The average molecular weight is 270 g/mol. The molecule has 0 spiro atoms. The third kappa shape index (κ3) is 3.57. The fourth-order valence-electron chi connectivity index (χ4n) is 2.04. The minimum absolute atomic E-state index is 0.163. The first-order chi connectivity index (χ1) is 9.56. The molecule has 2 aromatic rings. The van der Waals surface area contributed by atoms with Gasteiger partial charge in [-0.05, 0) is 29.7 Å². The van der Waals surface area contributed by atoms with Crippen LogP contribution >= 0.6 is 0 Å². The van der Waals surface area contributed by atoms with Gasteiger partial charge in [0, 0.05) is 6.42 Å². The zero-order valence-electron chi connectivity index (χ0n) is 11.4. The van der Waals surface area contributed by atoms with Crippen molar-refractivity contribution in [3.63, 3.8) is 0 Å². The van der Waals surface area contributed by atoms with E-state index in [1.54, 1.807) is 6.92 Å². The largest absolute Gasteiger partial charge is 0.368 e. The fourth-order valence-corrected chi connectivity index (χ4v) is 2.04. The van der Waals surface area contributed by atoms with Crippen molar-refractivity contribution in [1.29, 1.82) is 0 Å². The van der Waals surface area contributed by atoms with E-state index in [0.29, 0.717) is 12.8 Å². The summed E-state index contributed by atoms with van der Waals surface area (Å²) in [5.41, 5.74) is 6.20. The molecule has 0 fully saturated rings. The molecule has 0 unspecified atom stereocenters. The van der Waals surface area contributed by atoms with E-state index in [1.165, 1.54) is 5.39 Å². The Balaban J connectivity index is 1.95. The number of fused-ring (bicyclic) bond motifs is 1. The summed E-state index contributed by atoms with van der Waals surface area (Å²) in [7, 11) is 0. The summed E-state index contributed by atoms with van der Waals surface area (Å²) in [5.74, 6) is -0.687. The number of amides is 2. The lowest BCUT2D eigenvalue weighted by atomic mass is 10.0. The van der Waals surface area contributed by atoms with E-state index in [9.17, 15) is 9.59 Å². The number of hydrogen-bond donors (Lipinski definition) is 2. The lowest BCUT2D eigenvalue weighted by Gasteiger charge is -2.10. The van der Waals surface area contributed by atoms with Gasteiger partial charge in [0.15, 0.2) is 0 Å². The van der Waals surface area contributed by atoms with Gasteiger partial charge >= 0.3 is 0 Å². The van der Waals surface area contributed by atoms with Gasteiger partial charge in [-0.3, -0.25) is 9.59 Å². The van der Waals surface area contributed by atoms with Crippen LogP contribution < -0.4 is 11.1 Å². The van der Waals surface area contributed by atoms with Crippen LogP contribution in [0.2, 0.25) is 0 Å². The molecule has 1 atom stereocenters. The molecule has 0 aromatic heterocycles. The zero-order valence-corrected chi connectivity index (χ0v) is 11.4. The summed E-state index contributed by atoms with van der Waals surface area (Å²) in [4.78, 5) is 22.5.